The summed E-state index contributed by atoms with van der Waals surface area (Å²) in [5.41, 5.74) is 1.41. The van der Waals surface area contributed by atoms with Gasteiger partial charge in [-0.15, -0.1) is 0 Å². The molecule has 0 saturated carbocycles. The van der Waals surface area contributed by atoms with Crippen LogP contribution < -0.4 is 10.1 Å². The van der Waals surface area contributed by atoms with E-state index in [1.165, 1.54) is 16.3 Å². The molecule has 0 radical (unpaired) electrons. The summed E-state index contributed by atoms with van der Waals surface area (Å²) in [7, 11) is 0. The van der Waals surface area contributed by atoms with Gasteiger partial charge in [-0.05, 0) is 58.3 Å². The molecular weight excluding hydrogens is 278 g/mol. The summed E-state index contributed by atoms with van der Waals surface area (Å²) in [6.07, 6.45) is 1.08. The zero-order valence-electron chi connectivity index (χ0n) is 11.9. The molecule has 0 saturated heterocycles. The maximum Gasteiger partial charge on any atom is 0.120 e. The Morgan fingerprint density at radius 3 is 2.71 bits per heavy atom. The van der Waals surface area contributed by atoms with Crippen molar-refractivity contribution in [2.45, 2.75) is 6.42 Å². The fraction of sp³-hybridized carbons (Fsp3) is 0.222. The summed E-state index contributed by atoms with van der Waals surface area (Å²) in [6, 6.07) is 16.8. The van der Waals surface area contributed by atoms with Crippen LogP contribution >= 0.6 is 11.3 Å². The Morgan fingerprint density at radius 1 is 0.952 bits per heavy atom. The van der Waals surface area contributed by atoms with Gasteiger partial charge in [-0.25, -0.2) is 0 Å². The predicted molar refractivity (Wildman–Crippen MR) is 90.3 cm³/mol. The van der Waals surface area contributed by atoms with E-state index in [1.54, 1.807) is 11.3 Å². The van der Waals surface area contributed by atoms with Crippen molar-refractivity contribution >= 4 is 22.1 Å². The third kappa shape index (κ3) is 4.06. The maximum absolute atomic E-state index is 5.79. The van der Waals surface area contributed by atoms with E-state index in [9.17, 15) is 0 Å². The molecule has 1 aromatic heterocycles. The lowest BCUT2D eigenvalue weighted by Crippen LogP contribution is -2.23. The smallest absolute Gasteiger partial charge is 0.120 e. The van der Waals surface area contributed by atoms with Crippen LogP contribution in [0.25, 0.3) is 10.8 Å². The standard InChI is InChI=1S/C18H19NOS/c1-2-4-17-13-18(6-5-16(17)3-1)20-11-10-19-9-7-15-8-12-21-14-15/h1-6,8,12-14,19H,7,9-11H2. The van der Waals surface area contributed by atoms with Gasteiger partial charge in [-0.1, -0.05) is 30.3 Å². The molecule has 0 unspecified atom stereocenters. The molecule has 3 rings (SSSR count). The highest BCUT2D eigenvalue weighted by Crippen LogP contribution is 2.20. The number of ether oxygens (including phenoxy) is 1. The lowest BCUT2D eigenvalue weighted by Gasteiger charge is -2.08. The SMILES string of the molecule is c1ccc2cc(OCCNCCc3ccsc3)ccc2c1. The zero-order chi connectivity index (χ0) is 14.3. The summed E-state index contributed by atoms with van der Waals surface area (Å²) in [5.74, 6) is 0.938. The van der Waals surface area contributed by atoms with Crippen LogP contribution in [0.5, 0.6) is 5.75 Å². The molecule has 0 aliphatic carbocycles. The van der Waals surface area contributed by atoms with Crippen molar-refractivity contribution in [2.24, 2.45) is 0 Å². The van der Waals surface area contributed by atoms with Crippen LogP contribution in [-0.2, 0) is 6.42 Å². The first-order chi connectivity index (χ1) is 10.4. The topological polar surface area (TPSA) is 21.3 Å². The molecule has 1 N–H and O–H groups in total. The van der Waals surface area contributed by atoms with E-state index in [0.717, 1.165) is 25.3 Å². The summed E-state index contributed by atoms with van der Waals surface area (Å²) in [6.45, 7) is 2.57. The highest BCUT2D eigenvalue weighted by Gasteiger charge is 1.97. The average Bonchev–Trinajstić information content (AvgIpc) is 3.04. The molecule has 3 aromatic rings. The van der Waals surface area contributed by atoms with Crippen molar-refractivity contribution < 1.29 is 4.74 Å². The monoisotopic (exact) mass is 297 g/mol. The number of thiophene rings is 1. The molecule has 108 valence electrons. The normalized spacial score (nSPS) is 10.9. The minimum absolute atomic E-state index is 0.696. The van der Waals surface area contributed by atoms with Crippen LogP contribution in [0.15, 0.2) is 59.3 Å². The van der Waals surface area contributed by atoms with Crippen LogP contribution in [0, 0.1) is 0 Å². The Labute approximate surface area is 129 Å². The third-order valence-electron chi connectivity index (χ3n) is 3.44. The maximum atomic E-state index is 5.79. The minimum atomic E-state index is 0.696. The molecule has 0 aliphatic rings. The summed E-state index contributed by atoms with van der Waals surface area (Å²) < 4.78 is 5.79. The Morgan fingerprint density at radius 2 is 1.86 bits per heavy atom. The number of benzene rings is 2. The van der Waals surface area contributed by atoms with Gasteiger partial charge in [0, 0.05) is 6.54 Å². The molecule has 1 heterocycles. The molecule has 2 nitrogen and oxygen atoms in total. The first-order valence-electron chi connectivity index (χ1n) is 7.25. The molecule has 0 aliphatic heterocycles. The van der Waals surface area contributed by atoms with E-state index in [0.29, 0.717) is 6.61 Å². The Bertz CT molecular complexity index is 679. The summed E-state index contributed by atoms with van der Waals surface area (Å²) in [4.78, 5) is 0. The molecule has 2 aromatic carbocycles. The van der Waals surface area contributed by atoms with Gasteiger partial charge in [0.25, 0.3) is 0 Å². The average molecular weight is 297 g/mol. The van der Waals surface area contributed by atoms with Gasteiger partial charge in [0.05, 0.1) is 0 Å². The van der Waals surface area contributed by atoms with Crippen LogP contribution in [-0.4, -0.2) is 19.7 Å². The molecule has 0 atom stereocenters. The number of rotatable bonds is 7. The van der Waals surface area contributed by atoms with E-state index in [1.807, 2.05) is 6.07 Å². The Hall–Kier alpha value is -1.84. The number of nitrogens with one attached hydrogen (secondary N) is 1. The van der Waals surface area contributed by atoms with Crippen LogP contribution in [0.1, 0.15) is 5.56 Å². The lowest BCUT2D eigenvalue weighted by molar-refractivity contribution is 0.315. The van der Waals surface area contributed by atoms with Crippen molar-refractivity contribution in [2.75, 3.05) is 19.7 Å². The Kier molecular flexibility index (Phi) is 4.87. The van der Waals surface area contributed by atoms with E-state index < -0.39 is 0 Å². The first kappa shape index (κ1) is 14.1. The number of hydrogen-bond donors (Lipinski definition) is 1. The third-order valence-corrected chi connectivity index (χ3v) is 4.17. The van der Waals surface area contributed by atoms with Crippen molar-refractivity contribution in [3.05, 3.63) is 64.9 Å². The van der Waals surface area contributed by atoms with Crippen LogP contribution in [0.2, 0.25) is 0 Å². The predicted octanol–water partition coefficient (Wildman–Crippen LogP) is 4.11. The van der Waals surface area contributed by atoms with E-state index in [-0.39, 0.29) is 0 Å². The van der Waals surface area contributed by atoms with Gasteiger partial charge in [0.2, 0.25) is 0 Å². The van der Waals surface area contributed by atoms with Gasteiger partial charge in [0.1, 0.15) is 12.4 Å². The molecule has 0 spiro atoms. The molecule has 21 heavy (non-hydrogen) atoms. The fourth-order valence-electron chi connectivity index (χ4n) is 2.29. The quantitative estimate of drug-likeness (QED) is 0.663. The molecular formula is C18H19NOS. The van der Waals surface area contributed by atoms with Crippen LogP contribution in [0.3, 0.4) is 0 Å². The summed E-state index contributed by atoms with van der Waals surface area (Å²) >= 11 is 1.75. The van der Waals surface area contributed by atoms with Gasteiger partial charge >= 0.3 is 0 Å². The number of hydrogen-bond acceptors (Lipinski definition) is 3. The number of fused-ring (bicyclic) bond motifs is 1. The second-order valence-corrected chi connectivity index (χ2v) is 5.77. The van der Waals surface area contributed by atoms with E-state index in [2.05, 4.69) is 58.5 Å². The molecule has 0 fully saturated rings. The van der Waals surface area contributed by atoms with Crippen molar-refractivity contribution in [1.82, 2.24) is 5.32 Å². The summed E-state index contributed by atoms with van der Waals surface area (Å²) in [5, 5.41) is 10.2. The molecule has 0 amide bonds. The van der Waals surface area contributed by atoms with Crippen LogP contribution in [0.4, 0.5) is 0 Å². The highest BCUT2D eigenvalue weighted by molar-refractivity contribution is 7.07. The van der Waals surface area contributed by atoms with Crippen molar-refractivity contribution in [3.8, 4) is 5.75 Å². The van der Waals surface area contributed by atoms with Gasteiger partial charge in [0.15, 0.2) is 0 Å². The molecule has 0 bridgehead atoms. The lowest BCUT2D eigenvalue weighted by atomic mass is 10.1. The van der Waals surface area contributed by atoms with E-state index >= 15 is 0 Å². The second kappa shape index (κ2) is 7.25. The molecule has 3 heteroatoms. The van der Waals surface area contributed by atoms with Crippen molar-refractivity contribution in [1.29, 1.82) is 0 Å². The van der Waals surface area contributed by atoms with E-state index in [4.69, 9.17) is 4.74 Å². The largest absolute Gasteiger partial charge is 0.492 e. The van der Waals surface area contributed by atoms with Crippen molar-refractivity contribution in [3.63, 3.8) is 0 Å². The van der Waals surface area contributed by atoms with Gasteiger partial charge in [-0.3, -0.25) is 0 Å². The van der Waals surface area contributed by atoms with Gasteiger partial charge < -0.3 is 10.1 Å². The highest BCUT2D eigenvalue weighted by atomic mass is 32.1. The Balaban J connectivity index is 1.40. The fourth-order valence-corrected chi connectivity index (χ4v) is 2.99. The minimum Gasteiger partial charge on any atom is -0.492 e. The first-order valence-corrected chi connectivity index (χ1v) is 8.19. The second-order valence-electron chi connectivity index (χ2n) is 4.99. The van der Waals surface area contributed by atoms with Gasteiger partial charge in [-0.2, -0.15) is 11.3 Å². The zero-order valence-corrected chi connectivity index (χ0v) is 12.7.